The summed E-state index contributed by atoms with van der Waals surface area (Å²) in [5.74, 6) is 0.191. The van der Waals surface area contributed by atoms with Gasteiger partial charge < -0.3 is 0 Å². The van der Waals surface area contributed by atoms with Crippen molar-refractivity contribution in [3.63, 3.8) is 0 Å². The van der Waals surface area contributed by atoms with E-state index < -0.39 is 10.0 Å². The first-order valence-corrected chi connectivity index (χ1v) is 11.9. The fourth-order valence-electron chi connectivity index (χ4n) is 3.54. The van der Waals surface area contributed by atoms with E-state index in [1.807, 2.05) is 0 Å². The standard InChI is InChI=1S/C24H29NO4S/c1-16(2)11-13-25(14-12-17(3)4)30(28,29)18-9-10-21-22(15-18)24(27)20-8-6-5-7-19(20)23(21)26/h5-10,15-17H,11-14H2,1-4H3. The molecule has 0 amide bonds. The van der Waals surface area contributed by atoms with E-state index in [1.165, 1.54) is 22.5 Å². The fraction of sp³-hybridized carbons (Fsp3) is 0.417. The van der Waals surface area contributed by atoms with Gasteiger partial charge in [0.2, 0.25) is 10.0 Å². The Bertz CT molecular complexity index is 1060. The molecule has 5 nitrogen and oxygen atoms in total. The maximum atomic E-state index is 13.4. The van der Waals surface area contributed by atoms with Crippen LogP contribution in [0, 0.1) is 11.8 Å². The molecule has 2 aromatic rings. The zero-order chi connectivity index (χ0) is 22.1. The molecule has 3 rings (SSSR count). The molecular weight excluding hydrogens is 398 g/mol. The Balaban J connectivity index is 2.00. The van der Waals surface area contributed by atoms with Gasteiger partial charge in [-0.1, -0.05) is 52.0 Å². The van der Waals surface area contributed by atoms with E-state index in [0.717, 1.165) is 12.8 Å². The number of benzene rings is 2. The summed E-state index contributed by atoms with van der Waals surface area (Å²) >= 11 is 0. The molecule has 0 fully saturated rings. The van der Waals surface area contributed by atoms with E-state index in [-0.39, 0.29) is 27.6 Å². The second kappa shape index (κ2) is 8.82. The van der Waals surface area contributed by atoms with Crippen LogP contribution < -0.4 is 0 Å². The van der Waals surface area contributed by atoms with Crippen LogP contribution in [-0.4, -0.2) is 37.4 Å². The minimum absolute atomic E-state index is 0.0642. The molecule has 2 aromatic carbocycles. The van der Waals surface area contributed by atoms with E-state index in [4.69, 9.17) is 0 Å². The lowest BCUT2D eigenvalue weighted by Crippen LogP contribution is -2.34. The van der Waals surface area contributed by atoms with E-state index in [1.54, 1.807) is 24.3 Å². The Morgan fingerprint density at radius 2 is 1.20 bits per heavy atom. The molecule has 0 unspecified atom stereocenters. The quantitative estimate of drug-likeness (QED) is 0.529. The van der Waals surface area contributed by atoms with Crippen LogP contribution in [0.1, 0.15) is 72.4 Å². The summed E-state index contributed by atoms with van der Waals surface area (Å²) < 4.78 is 28.3. The third kappa shape index (κ3) is 4.40. The van der Waals surface area contributed by atoms with Crippen molar-refractivity contribution in [2.24, 2.45) is 11.8 Å². The first-order chi connectivity index (χ1) is 14.1. The molecule has 1 aliphatic rings. The zero-order valence-corrected chi connectivity index (χ0v) is 18.8. The largest absolute Gasteiger partial charge is 0.289 e. The van der Waals surface area contributed by atoms with Gasteiger partial charge in [0.1, 0.15) is 0 Å². The lowest BCUT2D eigenvalue weighted by atomic mass is 9.84. The van der Waals surface area contributed by atoms with E-state index >= 15 is 0 Å². The molecule has 0 heterocycles. The van der Waals surface area contributed by atoms with Crippen molar-refractivity contribution in [1.29, 1.82) is 0 Å². The molecule has 0 N–H and O–H groups in total. The molecule has 0 saturated carbocycles. The van der Waals surface area contributed by atoms with Crippen LogP contribution in [0.4, 0.5) is 0 Å². The van der Waals surface area contributed by atoms with Crippen LogP contribution >= 0.6 is 0 Å². The summed E-state index contributed by atoms with van der Waals surface area (Å²) in [6.45, 7) is 9.11. The number of ketones is 2. The zero-order valence-electron chi connectivity index (χ0n) is 18.0. The third-order valence-electron chi connectivity index (χ3n) is 5.45. The molecule has 160 valence electrons. The lowest BCUT2D eigenvalue weighted by molar-refractivity contribution is 0.0979. The second-order valence-corrected chi connectivity index (χ2v) is 10.6. The summed E-state index contributed by atoms with van der Waals surface area (Å²) in [7, 11) is -3.77. The van der Waals surface area contributed by atoms with Gasteiger partial charge in [0.05, 0.1) is 4.90 Å². The smallest absolute Gasteiger partial charge is 0.243 e. The topological polar surface area (TPSA) is 71.5 Å². The summed E-state index contributed by atoms with van der Waals surface area (Å²) in [5.41, 5.74) is 1.10. The number of hydrogen-bond donors (Lipinski definition) is 0. The number of rotatable bonds is 8. The maximum absolute atomic E-state index is 13.4. The van der Waals surface area contributed by atoms with Crippen LogP contribution in [0.25, 0.3) is 0 Å². The number of nitrogens with zero attached hydrogens (tertiary/aromatic N) is 1. The summed E-state index contributed by atoms with van der Waals surface area (Å²) in [4.78, 5) is 25.8. The highest BCUT2D eigenvalue weighted by Crippen LogP contribution is 2.30. The maximum Gasteiger partial charge on any atom is 0.243 e. The molecule has 6 heteroatoms. The van der Waals surface area contributed by atoms with Gasteiger partial charge in [-0.05, 0) is 42.9 Å². The summed E-state index contributed by atoms with van der Waals surface area (Å²) in [6, 6.07) is 11.0. The Labute approximate surface area is 179 Å². The van der Waals surface area contributed by atoms with Crippen LogP contribution in [0.15, 0.2) is 47.4 Å². The van der Waals surface area contributed by atoms with Gasteiger partial charge in [-0.3, -0.25) is 9.59 Å². The molecule has 0 aliphatic heterocycles. The Morgan fingerprint density at radius 1 is 0.733 bits per heavy atom. The summed E-state index contributed by atoms with van der Waals surface area (Å²) in [5, 5.41) is 0. The average molecular weight is 428 g/mol. The molecule has 0 atom stereocenters. The molecule has 1 aliphatic carbocycles. The van der Waals surface area contributed by atoms with Crippen molar-refractivity contribution < 1.29 is 18.0 Å². The predicted molar refractivity (Wildman–Crippen MR) is 117 cm³/mol. The SMILES string of the molecule is CC(C)CCN(CCC(C)C)S(=O)(=O)c1ccc2c(c1)C(=O)c1ccccc1C2=O. The number of sulfonamides is 1. The second-order valence-electron chi connectivity index (χ2n) is 8.68. The molecule has 0 saturated heterocycles. The number of fused-ring (bicyclic) bond motifs is 2. The predicted octanol–water partition coefficient (Wildman–Crippen LogP) is 4.54. The number of carbonyl (C=O) groups excluding carboxylic acids is 2. The normalized spacial score (nSPS) is 13.8. The van der Waals surface area contributed by atoms with Crippen molar-refractivity contribution in [1.82, 2.24) is 4.31 Å². The molecule has 0 bridgehead atoms. The van der Waals surface area contributed by atoms with Crippen LogP contribution in [-0.2, 0) is 10.0 Å². The highest BCUT2D eigenvalue weighted by atomic mass is 32.2. The van der Waals surface area contributed by atoms with E-state index in [0.29, 0.717) is 36.1 Å². The number of hydrogen-bond acceptors (Lipinski definition) is 4. The van der Waals surface area contributed by atoms with Crippen LogP contribution in [0.5, 0.6) is 0 Å². The van der Waals surface area contributed by atoms with Crippen molar-refractivity contribution in [2.75, 3.05) is 13.1 Å². The first kappa shape index (κ1) is 22.4. The lowest BCUT2D eigenvalue weighted by Gasteiger charge is -2.25. The van der Waals surface area contributed by atoms with Gasteiger partial charge in [-0.15, -0.1) is 0 Å². The summed E-state index contributed by atoms with van der Waals surface area (Å²) in [6.07, 6.45) is 1.51. The average Bonchev–Trinajstić information content (AvgIpc) is 2.71. The Morgan fingerprint density at radius 3 is 1.70 bits per heavy atom. The molecular formula is C24H29NO4S. The van der Waals surface area contributed by atoms with Crippen LogP contribution in [0.2, 0.25) is 0 Å². The Kier molecular flexibility index (Phi) is 6.58. The monoisotopic (exact) mass is 427 g/mol. The van der Waals surface area contributed by atoms with Gasteiger partial charge >= 0.3 is 0 Å². The van der Waals surface area contributed by atoms with E-state index in [2.05, 4.69) is 27.7 Å². The Hall–Kier alpha value is -2.31. The van der Waals surface area contributed by atoms with E-state index in [9.17, 15) is 18.0 Å². The van der Waals surface area contributed by atoms with Crippen molar-refractivity contribution in [3.05, 3.63) is 64.7 Å². The van der Waals surface area contributed by atoms with Crippen molar-refractivity contribution >= 4 is 21.6 Å². The first-order valence-electron chi connectivity index (χ1n) is 10.5. The van der Waals surface area contributed by atoms with Gasteiger partial charge in [0, 0.05) is 35.3 Å². The van der Waals surface area contributed by atoms with Gasteiger partial charge in [-0.25, -0.2) is 8.42 Å². The molecule has 30 heavy (non-hydrogen) atoms. The fourth-order valence-corrected chi connectivity index (χ4v) is 5.04. The molecule has 0 radical (unpaired) electrons. The highest BCUT2D eigenvalue weighted by molar-refractivity contribution is 7.89. The van der Waals surface area contributed by atoms with Gasteiger partial charge in [-0.2, -0.15) is 4.31 Å². The van der Waals surface area contributed by atoms with Gasteiger partial charge in [0.15, 0.2) is 11.6 Å². The molecule has 0 spiro atoms. The van der Waals surface area contributed by atoms with Crippen molar-refractivity contribution in [2.45, 2.75) is 45.4 Å². The van der Waals surface area contributed by atoms with Crippen molar-refractivity contribution in [3.8, 4) is 0 Å². The number of carbonyl (C=O) groups is 2. The third-order valence-corrected chi connectivity index (χ3v) is 7.34. The minimum Gasteiger partial charge on any atom is -0.289 e. The minimum atomic E-state index is -3.77. The van der Waals surface area contributed by atoms with Crippen LogP contribution in [0.3, 0.4) is 0 Å². The van der Waals surface area contributed by atoms with Gasteiger partial charge in [0.25, 0.3) is 0 Å². The molecule has 0 aromatic heterocycles. The highest BCUT2D eigenvalue weighted by Gasteiger charge is 2.32.